The van der Waals surface area contributed by atoms with Gasteiger partial charge >= 0.3 is 6.01 Å². The smallest absolute Gasteiger partial charge is 0.320 e. The summed E-state index contributed by atoms with van der Waals surface area (Å²) in [7, 11) is -3.19. The van der Waals surface area contributed by atoms with Crippen LogP contribution in [0.2, 0.25) is 0 Å². The minimum absolute atomic E-state index is 0.264. The summed E-state index contributed by atoms with van der Waals surface area (Å²) in [5.74, 6) is 0.485. The third-order valence-electron chi connectivity index (χ3n) is 2.66. The van der Waals surface area contributed by atoms with Gasteiger partial charge in [-0.2, -0.15) is 0 Å². The lowest BCUT2D eigenvalue weighted by Gasteiger charge is -2.04. The summed E-state index contributed by atoms with van der Waals surface area (Å²) in [6, 6.07) is 6.93. The highest BCUT2D eigenvalue weighted by Crippen LogP contribution is 2.18. The van der Waals surface area contributed by atoms with Crippen molar-refractivity contribution in [1.29, 1.82) is 0 Å². The van der Waals surface area contributed by atoms with E-state index in [1.807, 2.05) is 13.8 Å². The fraction of sp³-hybridized carbons (Fsp3) is 0.385. The second-order valence-electron chi connectivity index (χ2n) is 4.96. The van der Waals surface area contributed by atoms with Crippen LogP contribution in [0.25, 0.3) is 0 Å². The van der Waals surface area contributed by atoms with E-state index in [9.17, 15) is 8.42 Å². The Morgan fingerprint density at radius 1 is 1.19 bits per heavy atom. The maximum atomic E-state index is 11.4. The van der Waals surface area contributed by atoms with Crippen LogP contribution in [0.15, 0.2) is 33.6 Å². The number of hydrogen-bond acceptors (Lipinski definition) is 7. The zero-order valence-electron chi connectivity index (χ0n) is 12.1. The van der Waals surface area contributed by atoms with Gasteiger partial charge in [-0.05, 0) is 24.3 Å². The standard InChI is InChI=1S/C13H18N4O3S/c1-9(2)14-8-12-16-17-13(20-12)15-10-4-6-11(7-5-10)21(3,18)19/h4-7,9,14H,8H2,1-3H3,(H,15,17). The third kappa shape index (κ3) is 4.54. The van der Waals surface area contributed by atoms with Gasteiger partial charge in [0.2, 0.25) is 5.89 Å². The Balaban J connectivity index is 2.02. The molecule has 0 unspecified atom stereocenters. The first-order valence-corrected chi connectivity index (χ1v) is 8.36. The van der Waals surface area contributed by atoms with Gasteiger partial charge in [0.25, 0.3) is 0 Å². The van der Waals surface area contributed by atoms with Crippen LogP contribution in [-0.2, 0) is 16.4 Å². The molecular weight excluding hydrogens is 292 g/mol. The van der Waals surface area contributed by atoms with Gasteiger partial charge in [-0.1, -0.05) is 18.9 Å². The summed E-state index contributed by atoms with van der Waals surface area (Å²) < 4.78 is 28.2. The van der Waals surface area contributed by atoms with E-state index in [0.717, 1.165) is 0 Å². The van der Waals surface area contributed by atoms with Crippen LogP contribution in [0.3, 0.4) is 0 Å². The predicted octanol–water partition coefficient (Wildman–Crippen LogP) is 1.71. The van der Waals surface area contributed by atoms with Gasteiger partial charge in [-0.3, -0.25) is 0 Å². The number of anilines is 2. The van der Waals surface area contributed by atoms with Gasteiger partial charge in [0, 0.05) is 18.0 Å². The molecule has 7 nitrogen and oxygen atoms in total. The second-order valence-corrected chi connectivity index (χ2v) is 6.97. The molecule has 0 saturated heterocycles. The van der Waals surface area contributed by atoms with Gasteiger partial charge in [0.15, 0.2) is 9.84 Å². The largest absolute Gasteiger partial charge is 0.406 e. The predicted molar refractivity (Wildman–Crippen MR) is 79.1 cm³/mol. The number of nitrogens with zero attached hydrogens (tertiary/aromatic N) is 2. The third-order valence-corrected chi connectivity index (χ3v) is 3.79. The first-order chi connectivity index (χ1) is 9.84. The average Bonchev–Trinajstić information content (AvgIpc) is 2.83. The topological polar surface area (TPSA) is 97.1 Å². The first kappa shape index (κ1) is 15.5. The lowest BCUT2D eigenvalue weighted by Crippen LogP contribution is -2.21. The van der Waals surface area contributed by atoms with E-state index in [1.165, 1.54) is 18.4 Å². The van der Waals surface area contributed by atoms with E-state index >= 15 is 0 Å². The molecule has 0 aliphatic rings. The molecule has 1 aromatic heterocycles. The van der Waals surface area contributed by atoms with Crippen LogP contribution in [0.5, 0.6) is 0 Å². The van der Waals surface area contributed by atoms with Crippen molar-refractivity contribution >= 4 is 21.5 Å². The molecular formula is C13H18N4O3S. The highest BCUT2D eigenvalue weighted by Gasteiger charge is 2.09. The lowest BCUT2D eigenvalue weighted by atomic mass is 10.3. The normalized spacial score (nSPS) is 11.8. The Kier molecular flexibility index (Phi) is 4.59. The summed E-state index contributed by atoms with van der Waals surface area (Å²) in [4.78, 5) is 0.264. The molecule has 2 N–H and O–H groups in total. The number of benzene rings is 1. The first-order valence-electron chi connectivity index (χ1n) is 6.47. The lowest BCUT2D eigenvalue weighted by molar-refractivity contribution is 0.460. The van der Waals surface area contributed by atoms with Gasteiger partial charge in [-0.15, -0.1) is 5.10 Å². The second kappa shape index (κ2) is 6.23. The highest BCUT2D eigenvalue weighted by molar-refractivity contribution is 7.90. The van der Waals surface area contributed by atoms with E-state index in [4.69, 9.17) is 4.42 Å². The van der Waals surface area contributed by atoms with Crippen LogP contribution in [0.1, 0.15) is 19.7 Å². The molecule has 8 heteroatoms. The summed E-state index contributed by atoms with van der Waals surface area (Å²) in [6.07, 6.45) is 1.17. The van der Waals surface area contributed by atoms with E-state index in [0.29, 0.717) is 24.2 Å². The molecule has 0 amide bonds. The van der Waals surface area contributed by atoms with Crippen molar-refractivity contribution in [3.63, 3.8) is 0 Å². The quantitative estimate of drug-likeness (QED) is 0.838. The SMILES string of the molecule is CC(C)NCc1nnc(Nc2ccc(S(C)(=O)=O)cc2)o1. The maximum Gasteiger partial charge on any atom is 0.320 e. The number of sulfone groups is 1. The van der Waals surface area contributed by atoms with Gasteiger partial charge in [0.1, 0.15) is 0 Å². The molecule has 0 bridgehead atoms. The molecule has 1 aromatic carbocycles. The molecule has 0 saturated carbocycles. The molecule has 0 spiro atoms. The van der Waals surface area contributed by atoms with Crippen LogP contribution < -0.4 is 10.6 Å². The zero-order valence-corrected chi connectivity index (χ0v) is 12.9. The molecule has 2 aromatic rings. The van der Waals surface area contributed by atoms with Gasteiger partial charge in [0.05, 0.1) is 11.4 Å². The fourth-order valence-corrected chi connectivity index (χ4v) is 2.21. The summed E-state index contributed by atoms with van der Waals surface area (Å²) >= 11 is 0. The summed E-state index contributed by atoms with van der Waals surface area (Å²) in [6.45, 7) is 4.55. The van der Waals surface area contributed by atoms with E-state index in [2.05, 4.69) is 20.8 Å². The molecule has 0 fully saturated rings. The molecule has 2 rings (SSSR count). The Labute approximate surface area is 123 Å². The molecule has 0 aliphatic heterocycles. The number of hydrogen-bond donors (Lipinski definition) is 2. The van der Waals surface area contributed by atoms with E-state index in [1.54, 1.807) is 12.1 Å². The van der Waals surface area contributed by atoms with Crippen LogP contribution >= 0.6 is 0 Å². The minimum Gasteiger partial charge on any atom is -0.406 e. The van der Waals surface area contributed by atoms with Crippen molar-refractivity contribution < 1.29 is 12.8 Å². The molecule has 0 atom stereocenters. The van der Waals surface area contributed by atoms with Crippen LogP contribution in [0.4, 0.5) is 11.7 Å². The van der Waals surface area contributed by atoms with Crippen molar-refractivity contribution in [2.75, 3.05) is 11.6 Å². The number of aromatic nitrogens is 2. The van der Waals surface area contributed by atoms with Crippen LogP contribution in [-0.4, -0.2) is 30.9 Å². The number of nitrogens with one attached hydrogen (secondary N) is 2. The molecule has 0 radical (unpaired) electrons. The molecule has 0 aliphatic carbocycles. The van der Waals surface area contributed by atoms with Gasteiger partial charge in [-0.25, -0.2) is 8.42 Å². The zero-order chi connectivity index (χ0) is 15.5. The Morgan fingerprint density at radius 2 is 1.86 bits per heavy atom. The molecule has 21 heavy (non-hydrogen) atoms. The van der Waals surface area contributed by atoms with Crippen LogP contribution in [0, 0.1) is 0 Å². The van der Waals surface area contributed by atoms with E-state index < -0.39 is 9.84 Å². The Morgan fingerprint density at radius 3 is 2.43 bits per heavy atom. The minimum atomic E-state index is -3.19. The Bertz CT molecular complexity index is 692. The fourth-order valence-electron chi connectivity index (χ4n) is 1.58. The van der Waals surface area contributed by atoms with Gasteiger partial charge < -0.3 is 15.1 Å². The summed E-state index contributed by atoms with van der Waals surface area (Å²) in [5.41, 5.74) is 0.675. The van der Waals surface area contributed by atoms with Crippen molar-refractivity contribution in [2.45, 2.75) is 31.3 Å². The van der Waals surface area contributed by atoms with Crippen molar-refractivity contribution in [3.05, 3.63) is 30.2 Å². The highest BCUT2D eigenvalue weighted by atomic mass is 32.2. The number of rotatable bonds is 6. The summed E-state index contributed by atoms with van der Waals surface area (Å²) in [5, 5.41) is 13.9. The van der Waals surface area contributed by atoms with E-state index in [-0.39, 0.29) is 10.9 Å². The van der Waals surface area contributed by atoms with Crippen molar-refractivity contribution in [3.8, 4) is 0 Å². The monoisotopic (exact) mass is 310 g/mol. The van der Waals surface area contributed by atoms with Crippen molar-refractivity contribution in [2.24, 2.45) is 0 Å². The average molecular weight is 310 g/mol. The maximum absolute atomic E-state index is 11.4. The molecule has 114 valence electrons. The Hall–Kier alpha value is -1.93. The van der Waals surface area contributed by atoms with Crippen molar-refractivity contribution in [1.82, 2.24) is 15.5 Å². The molecule has 1 heterocycles.